The number of aromatic nitrogens is 2. The molecule has 0 atom stereocenters. The van der Waals surface area contributed by atoms with Crippen molar-refractivity contribution in [1.29, 1.82) is 0 Å². The van der Waals surface area contributed by atoms with Crippen LogP contribution in [0.1, 0.15) is 24.6 Å². The van der Waals surface area contributed by atoms with Gasteiger partial charge in [-0.1, -0.05) is 23.2 Å². The molecule has 0 bridgehead atoms. The van der Waals surface area contributed by atoms with Gasteiger partial charge >= 0.3 is 0 Å². The molecule has 1 aromatic carbocycles. The summed E-state index contributed by atoms with van der Waals surface area (Å²) in [6.45, 7) is 0. The molecule has 2 aromatic rings. The van der Waals surface area contributed by atoms with Gasteiger partial charge in [0.2, 0.25) is 5.88 Å². The van der Waals surface area contributed by atoms with Crippen LogP contribution >= 0.6 is 39.1 Å². The number of halogens is 4. The molecule has 0 aliphatic heterocycles. The summed E-state index contributed by atoms with van der Waals surface area (Å²) in [4.78, 5) is 8.45. The molecule has 1 aliphatic carbocycles. The van der Waals surface area contributed by atoms with Crippen molar-refractivity contribution in [2.75, 3.05) is 0 Å². The van der Waals surface area contributed by atoms with Crippen LogP contribution in [0.25, 0.3) is 0 Å². The number of ether oxygens (including phenoxy) is 1. The highest BCUT2D eigenvalue weighted by molar-refractivity contribution is 9.10. The first-order chi connectivity index (χ1) is 9.52. The molecular weight excluding hydrogens is 370 g/mol. The molecule has 20 heavy (non-hydrogen) atoms. The van der Waals surface area contributed by atoms with Crippen LogP contribution in [0.3, 0.4) is 0 Å². The van der Waals surface area contributed by atoms with Crippen LogP contribution in [0.2, 0.25) is 10.2 Å². The average Bonchev–Trinajstić information content (AvgIpc) is 3.19. The van der Waals surface area contributed by atoms with Crippen LogP contribution in [-0.2, 0) is 0 Å². The van der Waals surface area contributed by atoms with E-state index in [1.54, 1.807) is 0 Å². The lowest BCUT2D eigenvalue weighted by Gasteiger charge is -2.09. The monoisotopic (exact) mass is 376 g/mol. The Labute approximate surface area is 133 Å². The van der Waals surface area contributed by atoms with Crippen LogP contribution in [-0.4, -0.2) is 9.97 Å². The van der Waals surface area contributed by atoms with E-state index in [-0.39, 0.29) is 16.7 Å². The number of rotatable bonds is 3. The summed E-state index contributed by atoms with van der Waals surface area (Å²) in [6.07, 6.45) is 2.11. The van der Waals surface area contributed by atoms with E-state index in [4.69, 9.17) is 27.9 Å². The minimum atomic E-state index is -0.563. The largest absolute Gasteiger partial charge is 0.438 e. The summed E-state index contributed by atoms with van der Waals surface area (Å²) in [5.41, 5.74) is 0. The average molecular weight is 378 g/mol. The molecule has 1 fully saturated rings. The summed E-state index contributed by atoms with van der Waals surface area (Å²) in [5.74, 6) is 1.02. The van der Waals surface area contributed by atoms with Crippen LogP contribution in [0.15, 0.2) is 22.7 Å². The minimum Gasteiger partial charge on any atom is -0.438 e. The van der Waals surface area contributed by atoms with Gasteiger partial charge in [0.05, 0.1) is 9.50 Å². The van der Waals surface area contributed by atoms with Gasteiger partial charge in [0.1, 0.15) is 22.5 Å². The van der Waals surface area contributed by atoms with E-state index in [0.29, 0.717) is 21.4 Å². The lowest BCUT2D eigenvalue weighted by molar-refractivity contribution is 0.451. The van der Waals surface area contributed by atoms with Crippen molar-refractivity contribution < 1.29 is 9.13 Å². The van der Waals surface area contributed by atoms with Crippen molar-refractivity contribution in [3.63, 3.8) is 0 Å². The van der Waals surface area contributed by atoms with E-state index < -0.39 is 5.82 Å². The number of nitrogens with zero attached hydrogens (tertiary/aromatic N) is 2. The lowest BCUT2D eigenvalue weighted by atomic mass is 10.3. The second-order valence-corrected chi connectivity index (χ2v) is 6.11. The highest BCUT2D eigenvalue weighted by Crippen LogP contribution is 2.40. The van der Waals surface area contributed by atoms with Crippen molar-refractivity contribution in [3.8, 4) is 11.6 Å². The van der Waals surface area contributed by atoms with E-state index in [0.717, 1.165) is 12.8 Å². The van der Waals surface area contributed by atoms with Crippen LogP contribution in [0.5, 0.6) is 11.6 Å². The summed E-state index contributed by atoms with van der Waals surface area (Å²) in [7, 11) is 0. The number of hydrogen-bond acceptors (Lipinski definition) is 3. The molecule has 3 nitrogen and oxygen atoms in total. The van der Waals surface area contributed by atoms with Crippen LogP contribution < -0.4 is 4.74 Å². The standard InChI is InChI=1S/C13H8BrCl2FN2O/c14-7-3-8(15)9(17)4-10(7)20-12-5-11(16)18-13(19-12)6-1-2-6/h3-6H,1-2H2. The fourth-order valence-electron chi connectivity index (χ4n) is 1.69. The first-order valence-corrected chi connectivity index (χ1v) is 7.44. The molecule has 0 spiro atoms. The molecule has 1 aliphatic rings. The topological polar surface area (TPSA) is 35.0 Å². The normalized spacial score (nSPS) is 14.4. The second-order valence-electron chi connectivity index (χ2n) is 4.46. The summed E-state index contributed by atoms with van der Waals surface area (Å²) >= 11 is 14.9. The maximum absolute atomic E-state index is 13.5. The van der Waals surface area contributed by atoms with Gasteiger partial charge in [0.15, 0.2) is 0 Å². The molecule has 0 amide bonds. The second kappa shape index (κ2) is 5.47. The molecule has 0 saturated heterocycles. The van der Waals surface area contributed by atoms with Gasteiger partial charge in [-0.3, -0.25) is 0 Å². The highest BCUT2D eigenvalue weighted by Gasteiger charge is 2.27. The third kappa shape index (κ3) is 3.05. The maximum Gasteiger partial charge on any atom is 0.224 e. The first-order valence-electron chi connectivity index (χ1n) is 5.90. The fourth-order valence-corrected chi connectivity index (χ4v) is 2.59. The molecule has 0 unspecified atom stereocenters. The quantitative estimate of drug-likeness (QED) is 0.533. The molecule has 1 heterocycles. The van der Waals surface area contributed by atoms with Crippen molar-refractivity contribution in [3.05, 3.63) is 44.5 Å². The predicted molar refractivity (Wildman–Crippen MR) is 78.2 cm³/mol. The SMILES string of the molecule is Fc1cc(Oc2cc(Cl)nc(C3CC3)n2)c(Br)cc1Cl. The predicted octanol–water partition coefficient (Wildman–Crippen LogP) is 5.35. The Bertz CT molecular complexity index is 680. The van der Waals surface area contributed by atoms with E-state index in [1.807, 2.05) is 0 Å². The lowest BCUT2D eigenvalue weighted by Crippen LogP contribution is -1.97. The Morgan fingerprint density at radius 3 is 2.65 bits per heavy atom. The molecule has 1 saturated carbocycles. The van der Waals surface area contributed by atoms with E-state index >= 15 is 0 Å². The Kier molecular flexibility index (Phi) is 3.84. The van der Waals surface area contributed by atoms with Gasteiger partial charge in [-0.15, -0.1) is 0 Å². The highest BCUT2D eigenvalue weighted by atomic mass is 79.9. The first kappa shape index (κ1) is 14.0. The minimum absolute atomic E-state index is 0.0172. The number of benzene rings is 1. The van der Waals surface area contributed by atoms with Gasteiger partial charge < -0.3 is 4.74 Å². The van der Waals surface area contributed by atoms with Gasteiger partial charge in [-0.05, 0) is 34.8 Å². The Hall–Kier alpha value is -0.910. The van der Waals surface area contributed by atoms with E-state index in [2.05, 4.69) is 25.9 Å². The van der Waals surface area contributed by atoms with Gasteiger partial charge in [0, 0.05) is 18.1 Å². The smallest absolute Gasteiger partial charge is 0.224 e. The van der Waals surface area contributed by atoms with E-state index in [1.165, 1.54) is 18.2 Å². The van der Waals surface area contributed by atoms with Crippen molar-refractivity contribution in [2.45, 2.75) is 18.8 Å². The zero-order valence-corrected chi connectivity index (χ0v) is 13.1. The Morgan fingerprint density at radius 2 is 1.95 bits per heavy atom. The van der Waals surface area contributed by atoms with Gasteiger partial charge in [-0.2, -0.15) is 4.98 Å². The number of hydrogen-bond donors (Lipinski definition) is 0. The zero-order valence-electron chi connectivity index (χ0n) is 10.0. The van der Waals surface area contributed by atoms with Crippen molar-refractivity contribution in [1.82, 2.24) is 9.97 Å². The molecular formula is C13H8BrCl2FN2O. The van der Waals surface area contributed by atoms with Crippen molar-refractivity contribution >= 4 is 39.1 Å². The molecule has 104 valence electrons. The molecule has 0 N–H and O–H groups in total. The summed E-state index contributed by atoms with van der Waals surface area (Å²) in [5, 5.41) is 0.325. The van der Waals surface area contributed by atoms with Gasteiger partial charge in [-0.25, -0.2) is 9.37 Å². The molecule has 1 aromatic heterocycles. The van der Waals surface area contributed by atoms with Crippen LogP contribution in [0.4, 0.5) is 4.39 Å². The van der Waals surface area contributed by atoms with Crippen LogP contribution in [0, 0.1) is 5.82 Å². The third-order valence-electron chi connectivity index (χ3n) is 2.82. The fraction of sp³-hybridized carbons (Fsp3) is 0.231. The molecule has 7 heteroatoms. The maximum atomic E-state index is 13.5. The Morgan fingerprint density at radius 1 is 1.20 bits per heavy atom. The molecule has 3 rings (SSSR count). The van der Waals surface area contributed by atoms with E-state index in [9.17, 15) is 4.39 Å². The zero-order chi connectivity index (χ0) is 14.3. The van der Waals surface area contributed by atoms with Gasteiger partial charge in [0.25, 0.3) is 0 Å². The summed E-state index contributed by atoms with van der Waals surface area (Å²) < 4.78 is 19.6. The Balaban J connectivity index is 1.92. The summed E-state index contributed by atoms with van der Waals surface area (Å²) in [6, 6.07) is 4.11. The third-order valence-corrected chi connectivity index (χ3v) is 3.92. The van der Waals surface area contributed by atoms with Crippen molar-refractivity contribution in [2.24, 2.45) is 0 Å². The molecule has 0 radical (unpaired) electrons.